The molecule has 256 valence electrons. The summed E-state index contributed by atoms with van der Waals surface area (Å²) in [6, 6.07) is 0. The molecule has 0 aliphatic heterocycles. The van der Waals surface area contributed by atoms with Gasteiger partial charge in [-0.15, -0.1) is 23.5 Å². The molecule has 0 aliphatic rings. The number of fused-ring (bicyclic) bond motifs is 2. The van der Waals surface area contributed by atoms with Gasteiger partial charge in [-0.2, -0.15) is 0 Å². The summed E-state index contributed by atoms with van der Waals surface area (Å²) >= 11 is 15.0. The Hall–Kier alpha value is -1.94. The van der Waals surface area contributed by atoms with Gasteiger partial charge < -0.3 is 50.0 Å². The molecular formula is C26H38Cl2N8O8S2. The van der Waals surface area contributed by atoms with Gasteiger partial charge >= 0.3 is 0 Å². The molecule has 4 rings (SSSR count). The number of aromatic nitrogens is 8. The van der Waals surface area contributed by atoms with Crippen molar-refractivity contribution in [3.8, 4) is 0 Å². The highest BCUT2D eigenvalue weighted by Crippen LogP contribution is 2.33. The molecule has 0 radical (unpaired) electrons. The molecule has 4 heterocycles. The highest BCUT2D eigenvalue weighted by molar-refractivity contribution is 7.99. The Morgan fingerprint density at radius 2 is 0.978 bits per heavy atom. The Morgan fingerprint density at radius 3 is 1.30 bits per heavy atom. The molecule has 0 aliphatic carbocycles. The number of aliphatic hydroxyl groups excluding tert-OH is 8. The van der Waals surface area contributed by atoms with Crippen molar-refractivity contribution in [2.45, 2.75) is 74.1 Å². The summed E-state index contributed by atoms with van der Waals surface area (Å²) in [5.41, 5.74) is 1.98. The van der Waals surface area contributed by atoms with Gasteiger partial charge in [0.05, 0.1) is 48.8 Å². The van der Waals surface area contributed by atoms with E-state index in [1.165, 1.54) is 36.2 Å². The normalized spacial score (nSPS) is 17.1. The van der Waals surface area contributed by atoms with Crippen LogP contribution in [0.4, 0.5) is 0 Å². The Kier molecular flexibility index (Phi) is 15.5. The minimum absolute atomic E-state index is 0.143. The monoisotopic (exact) mass is 724 g/mol. The van der Waals surface area contributed by atoms with E-state index in [9.17, 15) is 30.6 Å². The molecule has 0 spiro atoms. The molecule has 4 aromatic rings. The molecule has 0 saturated heterocycles. The fourth-order valence-electron chi connectivity index (χ4n) is 4.40. The van der Waals surface area contributed by atoms with Gasteiger partial charge in [0.2, 0.25) is 0 Å². The van der Waals surface area contributed by atoms with E-state index in [2.05, 4.69) is 29.9 Å². The van der Waals surface area contributed by atoms with Gasteiger partial charge in [-0.25, -0.2) is 29.9 Å². The van der Waals surface area contributed by atoms with Crippen LogP contribution in [-0.4, -0.2) is 141 Å². The van der Waals surface area contributed by atoms with Crippen LogP contribution < -0.4 is 0 Å². The van der Waals surface area contributed by atoms with Crippen LogP contribution in [-0.2, 0) is 0 Å². The third-order valence-corrected chi connectivity index (χ3v) is 9.63. The van der Waals surface area contributed by atoms with E-state index >= 15 is 0 Å². The van der Waals surface area contributed by atoms with Crippen molar-refractivity contribution in [2.24, 2.45) is 0 Å². The number of rotatable bonds is 16. The minimum atomic E-state index is -1.44. The summed E-state index contributed by atoms with van der Waals surface area (Å²) in [6.45, 7) is 2.68. The lowest BCUT2D eigenvalue weighted by Gasteiger charge is -2.26. The predicted octanol–water partition coefficient (Wildman–Crippen LogP) is 0.393. The highest BCUT2D eigenvalue weighted by atomic mass is 35.5. The van der Waals surface area contributed by atoms with Crippen molar-refractivity contribution >= 4 is 69.1 Å². The lowest BCUT2D eigenvalue weighted by molar-refractivity contribution is -0.0793. The number of nitrogens with zero attached hydrogens (tertiary/aromatic N) is 8. The zero-order valence-electron chi connectivity index (χ0n) is 24.9. The highest BCUT2D eigenvalue weighted by Gasteiger charge is 2.30. The molecule has 0 bridgehead atoms. The molecule has 8 unspecified atom stereocenters. The quantitative estimate of drug-likeness (QED) is 0.0728. The van der Waals surface area contributed by atoms with E-state index in [1.54, 1.807) is 21.8 Å². The van der Waals surface area contributed by atoms with E-state index < -0.39 is 49.8 Å². The first-order chi connectivity index (χ1) is 22.0. The smallest absolute Gasteiger partial charge is 0.165 e. The van der Waals surface area contributed by atoms with Gasteiger partial charge in [-0.05, 0) is 11.5 Å². The van der Waals surface area contributed by atoms with Crippen molar-refractivity contribution in [3.63, 3.8) is 0 Å². The van der Waals surface area contributed by atoms with Crippen LogP contribution in [0, 0.1) is 0 Å². The first kappa shape index (κ1) is 38.5. The Bertz CT molecular complexity index is 1400. The summed E-state index contributed by atoms with van der Waals surface area (Å²) in [5, 5.41) is 76.5. The van der Waals surface area contributed by atoms with Gasteiger partial charge in [-0.1, -0.05) is 37.0 Å². The van der Waals surface area contributed by atoms with E-state index in [0.29, 0.717) is 22.3 Å². The molecule has 0 aromatic carbocycles. The Labute approximate surface area is 282 Å². The van der Waals surface area contributed by atoms with Gasteiger partial charge in [0.15, 0.2) is 21.6 Å². The maximum Gasteiger partial charge on any atom is 0.165 e. The van der Waals surface area contributed by atoms with Gasteiger partial charge in [0.1, 0.15) is 48.1 Å². The Balaban J connectivity index is 0.000000250. The lowest BCUT2D eigenvalue weighted by Crippen LogP contribution is -2.40. The molecular weight excluding hydrogens is 687 g/mol. The van der Waals surface area contributed by atoms with Crippen molar-refractivity contribution < 1.29 is 40.9 Å². The molecule has 0 amide bonds. The zero-order valence-corrected chi connectivity index (χ0v) is 28.0. The second kappa shape index (κ2) is 18.6. The van der Waals surface area contributed by atoms with Gasteiger partial charge in [-0.3, -0.25) is 0 Å². The fourth-order valence-corrected chi connectivity index (χ4v) is 6.82. The molecule has 8 N–H and O–H groups in total. The third kappa shape index (κ3) is 9.57. The summed E-state index contributed by atoms with van der Waals surface area (Å²) in [6.07, 6.45) is -2.03. The average molecular weight is 726 g/mol. The number of imidazole rings is 2. The van der Waals surface area contributed by atoms with Crippen LogP contribution in [0.1, 0.15) is 37.4 Å². The summed E-state index contributed by atoms with van der Waals surface area (Å²) < 4.78 is 3.50. The van der Waals surface area contributed by atoms with Crippen LogP contribution in [0.3, 0.4) is 0 Å². The number of thioether (sulfide) groups is 2. The van der Waals surface area contributed by atoms with E-state index in [4.69, 9.17) is 33.4 Å². The van der Waals surface area contributed by atoms with Crippen molar-refractivity contribution in [1.29, 1.82) is 0 Å². The van der Waals surface area contributed by atoms with Crippen LogP contribution >= 0.6 is 46.7 Å². The van der Waals surface area contributed by atoms with Gasteiger partial charge in [0, 0.05) is 12.8 Å². The standard InChI is InChI=1S/2C13H19ClN4O4S/c2*1-2-23-9(3-7(20)11(22)8(21)4-19)18-6-17-10-12(14)15-5-16-13(10)18/h2*5-9,11,19-22H,2-4H2,1H3. The minimum Gasteiger partial charge on any atom is -0.394 e. The van der Waals surface area contributed by atoms with E-state index in [-0.39, 0.29) is 33.9 Å². The lowest BCUT2D eigenvalue weighted by atomic mass is 10.1. The molecule has 0 saturated carbocycles. The molecule has 16 nitrogen and oxygen atoms in total. The van der Waals surface area contributed by atoms with Gasteiger partial charge in [0.25, 0.3) is 0 Å². The molecule has 46 heavy (non-hydrogen) atoms. The summed E-state index contributed by atoms with van der Waals surface area (Å²) in [7, 11) is 0. The molecule has 20 heteroatoms. The van der Waals surface area contributed by atoms with Crippen LogP contribution in [0.15, 0.2) is 25.3 Å². The maximum atomic E-state index is 10.1. The second-order valence-electron chi connectivity index (χ2n) is 9.88. The van der Waals surface area contributed by atoms with Crippen molar-refractivity contribution in [1.82, 2.24) is 39.0 Å². The topological polar surface area (TPSA) is 249 Å². The first-order valence-electron chi connectivity index (χ1n) is 14.2. The fraction of sp³-hybridized carbons (Fsp3) is 0.615. The number of hydrogen-bond donors (Lipinski definition) is 8. The van der Waals surface area contributed by atoms with E-state index in [1.807, 2.05) is 13.8 Å². The molecule has 4 aromatic heterocycles. The van der Waals surface area contributed by atoms with Crippen LogP contribution in [0.2, 0.25) is 10.3 Å². The SMILES string of the molecule is CCSC(CC(O)C(O)C(O)CO)n1cnc2c(Cl)ncnc21.CCSC(CC(O)C(O)C(O)CO)n1cnc2c(Cl)ncnc21. The average Bonchev–Trinajstić information content (AvgIpc) is 3.69. The van der Waals surface area contributed by atoms with Crippen LogP contribution in [0.5, 0.6) is 0 Å². The summed E-state index contributed by atoms with van der Waals surface area (Å²) in [5.74, 6) is 1.52. The largest absolute Gasteiger partial charge is 0.394 e. The van der Waals surface area contributed by atoms with E-state index in [0.717, 1.165) is 11.5 Å². The second-order valence-corrected chi connectivity index (χ2v) is 13.5. The Morgan fingerprint density at radius 1 is 0.609 bits per heavy atom. The van der Waals surface area contributed by atoms with Crippen LogP contribution in [0.25, 0.3) is 22.3 Å². The maximum absolute atomic E-state index is 10.1. The number of halogens is 2. The number of hydrogen-bond acceptors (Lipinski definition) is 16. The molecule has 8 atom stereocenters. The third-order valence-electron chi connectivity index (χ3n) is 6.80. The van der Waals surface area contributed by atoms with Crippen molar-refractivity contribution in [2.75, 3.05) is 24.7 Å². The first-order valence-corrected chi connectivity index (χ1v) is 17.0. The van der Waals surface area contributed by atoms with Crippen molar-refractivity contribution in [3.05, 3.63) is 35.6 Å². The molecule has 0 fully saturated rings. The predicted molar refractivity (Wildman–Crippen MR) is 174 cm³/mol. The summed E-state index contributed by atoms with van der Waals surface area (Å²) in [4.78, 5) is 24.4. The zero-order chi connectivity index (χ0) is 34.0. The number of aliphatic hydroxyl groups is 8.